The van der Waals surface area contributed by atoms with E-state index >= 15 is 0 Å². The minimum absolute atomic E-state index is 0.0894. The fraction of sp³-hybridized carbons (Fsp3) is 0. The molecule has 2 N–H and O–H groups in total. The first-order valence-corrected chi connectivity index (χ1v) is 6.74. The molecule has 10 heteroatoms. The maximum atomic E-state index is 11.8. The molecule has 8 nitrogen and oxygen atoms in total. The van der Waals surface area contributed by atoms with Gasteiger partial charge < -0.3 is 5.11 Å². The van der Waals surface area contributed by atoms with Crippen molar-refractivity contribution in [1.29, 1.82) is 0 Å². The van der Waals surface area contributed by atoms with Crippen molar-refractivity contribution in [2.24, 2.45) is 0 Å². The van der Waals surface area contributed by atoms with Gasteiger partial charge in [-0.3, -0.25) is 4.72 Å². The van der Waals surface area contributed by atoms with Gasteiger partial charge in [0.05, 0.1) is 11.8 Å². The average Bonchev–Trinajstić information content (AvgIpc) is 2.81. The smallest absolute Gasteiger partial charge is 0.337 e. The number of aromatic carboxylic acids is 1. The molecule has 0 amide bonds. The number of nitrogens with zero attached hydrogens (tertiary/aromatic N) is 3. The molecule has 0 saturated carbocycles. The number of rotatable bonds is 4. The summed E-state index contributed by atoms with van der Waals surface area (Å²) in [7, 11) is -3.85. The Hall–Kier alpha value is -2.07. The predicted molar refractivity (Wildman–Crippen MR) is 61.9 cm³/mol. The summed E-state index contributed by atoms with van der Waals surface area (Å²) in [6.07, 6.45) is 2.23. The molecule has 0 radical (unpaired) electrons. The topological polar surface area (TPSA) is 122 Å². The highest BCUT2D eigenvalue weighted by Gasteiger charge is 2.17. The van der Waals surface area contributed by atoms with Gasteiger partial charge in [-0.05, 0) is 12.1 Å². The summed E-state index contributed by atoms with van der Waals surface area (Å²) < 4.78 is 29.3. The number of carboxylic acids is 1. The molecule has 94 valence electrons. The second kappa shape index (κ2) is 4.66. The predicted octanol–water partition coefficient (Wildman–Crippen LogP) is 0.432. The van der Waals surface area contributed by atoms with Crippen LogP contribution in [0.5, 0.6) is 0 Å². The molecule has 2 aromatic heterocycles. The number of sulfonamides is 1. The lowest BCUT2D eigenvalue weighted by molar-refractivity contribution is 0.0696. The third-order valence-corrected chi connectivity index (χ3v) is 3.84. The molecule has 0 aliphatic rings. The summed E-state index contributed by atoms with van der Waals surface area (Å²) in [5.41, 5.74) is -0.0894. The van der Waals surface area contributed by atoms with Crippen LogP contribution in [0.25, 0.3) is 0 Å². The van der Waals surface area contributed by atoms with Gasteiger partial charge in [-0.1, -0.05) is 4.49 Å². The molecule has 2 aromatic rings. The average molecular weight is 286 g/mol. The number of carboxylic acid groups (broad SMARTS) is 1. The van der Waals surface area contributed by atoms with Gasteiger partial charge in [-0.25, -0.2) is 9.78 Å². The van der Waals surface area contributed by atoms with Crippen LogP contribution < -0.4 is 4.72 Å². The molecule has 0 unspecified atom stereocenters. The van der Waals surface area contributed by atoms with Crippen molar-refractivity contribution in [3.63, 3.8) is 0 Å². The van der Waals surface area contributed by atoms with Gasteiger partial charge in [-0.15, -0.1) is 5.10 Å². The van der Waals surface area contributed by atoms with Gasteiger partial charge in [0, 0.05) is 17.7 Å². The normalized spacial score (nSPS) is 11.1. The number of aromatic nitrogens is 3. The Morgan fingerprint density at radius 1 is 1.33 bits per heavy atom. The minimum atomic E-state index is -3.85. The van der Waals surface area contributed by atoms with Gasteiger partial charge >= 0.3 is 5.97 Å². The largest absolute Gasteiger partial charge is 0.478 e. The van der Waals surface area contributed by atoms with E-state index in [4.69, 9.17) is 5.11 Å². The summed E-state index contributed by atoms with van der Waals surface area (Å²) in [6, 6.07) is 2.27. The van der Waals surface area contributed by atoms with Crippen LogP contribution in [0.2, 0.25) is 0 Å². The Kier molecular flexibility index (Phi) is 3.21. The zero-order chi connectivity index (χ0) is 13.2. The second-order valence-electron chi connectivity index (χ2n) is 3.08. The molecule has 0 atom stereocenters. The summed E-state index contributed by atoms with van der Waals surface area (Å²) >= 11 is 0.879. The van der Waals surface area contributed by atoms with E-state index < -0.39 is 16.0 Å². The molecule has 18 heavy (non-hydrogen) atoms. The van der Waals surface area contributed by atoms with Crippen molar-refractivity contribution in [1.82, 2.24) is 14.6 Å². The van der Waals surface area contributed by atoms with Crippen LogP contribution in [0, 0.1) is 0 Å². The molecule has 0 fully saturated rings. The zero-order valence-electron chi connectivity index (χ0n) is 8.64. The van der Waals surface area contributed by atoms with E-state index in [0.29, 0.717) is 0 Å². The van der Waals surface area contributed by atoms with Crippen LogP contribution in [-0.4, -0.2) is 34.1 Å². The lowest BCUT2D eigenvalue weighted by atomic mass is 10.3. The van der Waals surface area contributed by atoms with Crippen molar-refractivity contribution in [3.05, 3.63) is 30.1 Å². The third-order valence-electron chi connectivity index (χ3n) is 1.85. The number of nitrogens with one attached hydrogen (secondary N) is 1. The quantitative estimate of drug-likeness (QED) is 0.835. The van der Waals surface area contributed by atoms with Gasteiger partial charge in [-0.2, -0.15) is 8.42 Å². The van der Waals surface area contributed by atoms with Gasteiger partial charge in [0.1, 0.15) is 5.00 Å². The number of hydrogen-bond acceptors (Lipinski definition) is 7. The molecule has 0 spiro atoms. The molecule has 0 aliphatic carbocycles. The Morgan fingerprint density at radius 2 is 2.11 bits per heavy atom. The Bertz CT molecular complexity index is 651. The standard InChI is InChI=1S/C8H6N4O4S2/c13-8(14)5-1-2-7(9-3-5)18(15,16)11-6-4-10-12-17-6/h1-4,11H,(H,13,14). The van der Waals surface area contributed by atoms with Crippen molar-refractivity contribution in [3.8, 4) is 0 Å². The maximum absolute atomic E-state index is 11.8. The van der Waals surface area contributed by atoms with Crippen LogP contribution in [0.1, 0.15) is 10.4 Å². The Balaban J connectivity index is 2.27. The van der Waals surface area contributed by atoms with Crippen molar-refractivity contribution in [2.75, 3.05) is 4.72 Å². The van der Waals surface area contributed by atoms with Gasteiger partial charge in [0.15, 0.2) is 5.03 Å². The maximum Gasteiger partial charge on any atom is 0.337 e. The lowest BCUT2D eigenvalue weighted by Gasteiger charge is -2.03. The van der Waals surface area contributed by atoms with E-state index in [1.165, 1.54) is 6.20 Å². The molecule has 2 heterocycles. The number of carbonyl (C=O) groups is 1. The van der Waals surface area contributed by atoms with Crippen LogP contribution in [0.15, 0.2) is 29.6 Å². The summed E-state index contributed by atoms with van der Waals surface area (Å²) in [5.74, 6) is -1.17. The number of pyridine rings is 1. The molecule has 0 aromatic carbocycles. The minimum Gasteiger partial charge on any atom is -0.478 e. The summed E-state index contributed by atoms with van der Waals surface area (Å²) in [6.45, 7) is 0. The monoisotopic (exact) mass is 286 g/mol. The van der Waals surface area contributed by atoms with Crippen molar-refractivity contribution >= 4 is 32.5 Å². The van der Waals surface area contributed by atoms with Crippen LogP contribution in [0.4, 0.5) is 5.00 Å². The highest BCUT2D eigenvalue weighted by atomic mass is 32.2. The molecular weight excluding hydrogens is 280 g/mol. The summed E-state index contributed by atoms with van der Waals surface area (Å²) in [5, 5.41) is 12.1. The first-order chi connectivity index (χ1) is 8.49. The van der Waals surface area contributed by atoms with E-state index in [9.17, 15) is 13.2 Å². The van der Waals surface area contributed by atoms with E-state index in [2.05, 4.69) is 19.3 Å². The first-order valence-electron chi connectivity index (χ1n) is 4.48. The van der Waals surface area contributed by atoms with Crippen LogP contribution in [0.3, 0.4) is 0 Å². The van der Waals surface area contributed by atoms with Crippen molar-refractivity contribution in [2.45, 2.75) is 5.03 Å². The first kappa shape index (κ1) is 12.4. The van der Waals surface area contributed by atoms with Crippen LogP contribution in [-0.2, 0) is 10.0 Å². The summed E-state index contributed by atoms with van der Waals surface area (Å²) in [4.78, 5) is 14.2. The highest BCUT2D eigenvalue weighted by Crippen LogP contribution is 2.16. The van der Waals surface area contributed by atoms with E-state index in [-0.39, 0.29) is 15.6 Å². The third kappa shape index (κ3) is 2.60. The van der Waals surface area contributed by atoms with E-state index in [1.807, 2.05) is 0 Å². The number of hydrogen-bond donors (Lipinski definition) is 2. The van der Waals surface area contributed by atoms with Crippen molar-refractivity contribution < 1.29 is 18.3 Å². The Morgan fingerprint density at radius 3 is 2.61 bits per heavy atom. The zero-order valence-corrected chi connectivity index (χ0v) is 10.3. The lowest BCUT2D eigenvalue weighted by Crippen LogP contribution is -2.14. The molecule has 2 rings (SSSR count). The van der Waals surface area contributed by atoms with Crippen LogP contribution >= 0.6 is 11.5 Å². The fourth-order valence-corrected chi connectivity index (χ4v) is 2.68. The SMILES string of the molecule is O=C(O)c1ccc(S(=O)(=O)Nc2cnns2)nc1. The Labute approximate surface area is 106 Å². The molecule has 0 saturated heterocycles. The molecule has 0 aliphatic heterocycles. The molecular formula is C8H6N4O4S2. The second-order valence-corrected chi connectivity index (χ2v) is 5.49. The number of anilines is 1. The molecule has 0 bridgehead atoms. The fourth-order valence-electron chi connectivity index (χ4n) is 1.06. The van der Waals surface area contributed by atoms with Gasteiger partial charge in [0.2, 0.25) is 0 Å². The van der Waals surface area contributed by atoms with E-state index in [0.717, 1.165) is 29.9 Å². The van der Waals surface area contributed by atoms with E-state index in [1.54, 1.807) is 0 Å². The highest BCUT2D eigenvalue weighted by molar-refractivity contribution is 7.92. The van der Waals surface area contributed by atoms with Gasteiger partial charge in [0.25, 0.3) is 10.0 Å².